The maximum absolute atomic E-state index is 5.56. The number of hydrogen-bond donors (Lipinski definition) is 1. The minimum Gasteiger partial charge on any atom is -0.497 e. The number of benzene rings is 1. The third kappa shape index (κ3) is 2.47. The first-order valence-corrected chi connectivity index (χ1v) is 5.55. The first kappa shape index (κ1) is 11.7. The van der Waals surface area contributed by atoms with Crippen molar-refractivity contribution in [3.05, 3.63) is 35.9 Å². The molecule has 0 amide bonds. The fraction of sp³-hybridized carbons (Fsp3) is 0.308. The molecule has 4 heteroatoms. The standard InChI is InChI=1S/C13H16N2O2/c1-9-15-13(12(17-9)6-7-14)10-4-3-5-11(8-10)16-2/h3-5,8H,6-7,14H2,1-2H3. The lowest BCUT2D eigenvalue weighted by Gasteiger charge is -2.03. The molecule has 0 saturated carbocycles. The summed E-state index contributed by atoms with van der Waals surface area (Å²) in [6.07, 6.45) is 0.688. The summed E-state index contributed by atoms with van der Waals surface area (Å²) in [5, 5.41) is 0. The Bertz CT molecular complexity index is 506. The van der Waals surface area contributed by atoms with E-state index in [2.05, 4.69) is 4.98 Å². The summed E-state index contributed by atoms with van der Waals surface area (Å²) in [4.78, 5) is 4.40. The Hall–Kier alpha value is -1.81. The second kappa shape index (κ2) is 5.01. The molecule has 1 aromatic carbocycles. The number of rotatable bonds is 4. The highest BCUT2D eigenvalue weighted by atomic mass is 16.5. The van der Waals surface area contributed by atoms with Crippen LogP contribution in [0.3, 0.4) is 0 Å². The van der Waals surface area contributed by atoms with Gasteiger partial charge in [0, 0.05) is 18.9 Å². The number of aryl methyl sites for hydroxylation is 1. The predicted octanol–water partition coefficient (Wildman–Crippen LogP) is 2.16. The fourth-order valence-electron chi connectivity index (χ4n) is 1.77. The van der Waals surface area contributed by atoms with Crippen molar-refractivity contribution in [2.24, 2.45) is 5.73 Å². The van der Waals surface area contributed by atoms with Crippen LogP contribution in [0.4, 0.5) is 0 Å². The Labute approximate surface area is 100 Å². The van der Waals surface area contributed by atoms with Crippen molar-refractivity contribution in [1.29, 1.82) is 0 Å². The molecule has 0 saturated heterocycles. The summed E-state index contributed by atoms with van der Waals surface area (Å²) in [6.45, 7) is 2.38. The molecule has 2 N–H and O–H groups in total. The predicted molar refractivity (Wildman–Crippen MR) is 66.0 cm³/mol. The van der Waals surface area contributed by atoms with Crippen molar-refractivity contribution < 1.29 is 9.15 Å². The first-order chi connectivity index (χ1) is 8.24. The molecule has 0 spiro atoms. The fourth-order valence-corrected chi connectivity index (χ4v) is 1.77. The van der Waals surface area contributed by atoms with E-state index < -0.39 is 0 Å². The van der Waals surface area contributed by atoms with Crippen molar-refractivity contribution in [3.63, 3.8) is 0 Å². The van der Waals surface area contributed by atoms with Gasteiger partial charge in [0.15, 0.2) is 5.89 Å². The number of methoxy groups -OCH3 is 1. The molecule has 2 aromatic rings. The SMILES string of the molecule is COc1cccc(-c2nc(C)oc2CCN)c1. The first-order valence-electron chi connectivity index (χ1n) is 5.55. The molecule has 1 heterocycles. The summed E-state index contributed by atoms with van der Waals surface area (Å²) in [7, 11) is 1.65. The molecule has 0 aliphatic heterocycles. The Balaban J connectivity index is 2.43. The van der Waals surface area contributed by atoms with Crippen LogP contribution in [0.15, 0.2) is 28.7 Å². The second-order valence-electron chi connectivity index (χ2n) is 3.78. The highest BCUT2D eigenvalue weighted by Gasteiger charge is 2.12. The topological polar surface area (TPSA) is 61.3 Å². The number of nitrogens with zero attached hydrogens (tertiary/aromatic N) is 1. The minimum absolute atomic E-state index is 0.547. The van der Waals surface area contributed by atoms with Gasteiger partial charge >= 0.3 is 0 Å². The van der Waals surface area contributed by atoms with Gasteiger partial charge < -0.3 is 14.9 Å². The molecule has 0 bridgehead atoms. The molecule has 2 rings (SSSR count). The Morgan fingerprint density at radius 1 is 1.41 bits per heavy atom. The van der Waals surface area contributed by atoms with E-state index in [1.165, 1.54) is 0 Å². The molecule has 4 nitrogen and oxygen atoms in total. The molecule has 0 radical (unpaired) electrons. The van der Waals surface area contributed by atoms with Crippen molar-refractivity contribution in [1.82, 2.24) is 4.98 Å². The smallest absolute Gasteiger partial charge is 0.191 e. The summed E-state index contributed by atoms with van der Waals surface area (Å²) >= 11 is 0. The van der Waals surface area contributed by atoms with Crippen LogP contribution < -0.4 is 10.5 Å². The largest absolute Gasteiger partial charge is 0.497 e. The van der Waals surface area contributed by atoms with Crippen LogP contribution in [0.1, 0.15) is 11.7 Å². The molecule has 17 heavy (non-hydrogen) atoms. The number of ether oxygens (including phenoxy) is 1. The van der Waals surface area contributed by atoms with Gasteiger partial charge in [0.2, 0.25) is 0 Å². The number of nitrogens with two attached hydrogens (primary N) is 1. The van der Waals surface area contributed by atoms with Crippen LogP contribution in [0, 0.1) is 6.92 Å². The highest BCUT2D eigenvalue weighted by molar-refractivity contribution is 5.63. The van der Waals surface area contributed by atoms with Crippen molar-refractivity contribution in [2.75, 3.05) is 13.7 Å². The summed E-state index contributed by atoms with van der Waals surface area (Å²) in [5.41, 5.74) is 7.40. The molecule has 1 aromatic heterocycles. The van der Waals surface area contributed by atoms with E-state index in [1.807, 2.05) is 31.2 Å². The van der Waals surface area contributed by atoms with Crippen LogP contribution in [0.25, 0.3) is 11.3 Å². The van der Waals surface area contributed by atoms with Gasteiger partial charge in [-0.05, 0) is 18.7 Å². The molecule has 90 valence electrons. The molecular weight excluding hydrogens is 216 g/mol. The zero-order chi connectivity index (χ0) is 12.3. The van der Waals surface area contributed by atoms with Gasteiger partial charge in [-0.25, -0.2) is 4.98 Å². The monoisotopic (exact) mass is 232 g/mol. The Kier molecular flexibility index (Phi) is 3.44. The van der Waals surface area contributed by atoms with Crippen molar-refractivity contribution >= 4 is 0 Å². The van der Waals surface area contributed by atoms with E-state index in [4.69, 9.17) is 14.9 Å². The van der Waals surface area contributed by atoms with Crippen LogP contribution >= 0.6 is 0 Å². The Morgan fingerprint density at radius 3 is 2.94 bits per heavy atom. The lowest BCUT2D eigenvalue weighted by Crippen LogP contribution is -2.02. The summed E-state index contributed by atoms with van der Waals surface area (Å²) in [6, 6.07) is 7.76. The second-order valence-corrected chi connectivity index (χ2v) is 3.78. The molecular formula is C13H16N2O2. The average Bonchev–Trinajstić information content (AvgIpc) is 2.71. The highest BCUT2D eigenvalue weighted by Crippen LogP contribution is 2.27. The van der Waals surface area contributed by atoms with Crippen LogP contribution in [-0.2, 0) is 6.42 Å². The maximum atomic E-state index is 5.56. The van der Waals surface area contributed by atoms with E-state index in [-0.39, 0.29) is 0 Å². The van der Waals surface area contributed by atoms with Crippen molar-refractivity contribution in [3.8, 4) is 17.0 Å². The average molecular weight is 232 g/mol. The van der Waals surface area contributed by atoms with Gasteiger partial charge in [-0.2, -0.15) is 0 Å². The maximum Gasteiger partial charge on any atom is 0.191 e. The molecule has 0 fully saturated rings. The zero-order valence-corrected chi connectivity index (χ0v) is 10.1. The molecule has 0 atom stereocenters. The normalized spacial score (nSPS) is 10.5. The molecule has 0 aliphatic carbocycles. The van der Waals surface area contributed by atoms with E-state index in [1.54, 1.807) is 7.11 Å². The molecule has 0 unspecified atom stereocenters. The lowest BCUT2D eigenvalue weighted by atomic mass is 10.1. The Morgan fingerprint density at radius 2 is 2.24 bits per heavy atom. The molecule has 0 aliphatic rings. The van der Waals surface area contributed by atoms with Crippen LogP contribution in [0.2, 0.25) is 0 Å². The minimum atomic E-state index is 0.547. The van der Waals surface area contributed by atoms with Crippen molar-refractivity contribution in [2.45, 2.75) is 13.3 Å². The van der Waals surface area contributed by atoms with E-state index in [0.717, 1.165) is 22.8 Å². The van der Waals surface area contributed by atoms with E-state index >= 15 is 0 Å². The van der Waals surface area contributed by atoms with Crippen LogP contribution in [0.5, 0.6) is 5.75 Å². The summed E-state index contributed by atoms with van der Waals surface area (Å²) in [5.74, 6) is 2.30. The third-order valence-corrected chi connectivity index (χ3v) is 2.52. The number of oxazole rings is 1. The van der Waals surface area contributed by atoms with E-state index in [9.17, 15) is 0 Å². The van der Waals surface area contributed by atoms with E-state index in [0.29, 0.717) is 18.9 Å². The van der Waals surface area contributed by atoms with Gasteiger partial charge in [0.25, 0.3) is 0 Å². The lowest BCUT2D eigenvalue weighted by molar-refractivity contribution is 0.415. The van der Waals surface area contributed by atoms with Gasteiger partial charge in [-0.3, -0.25) is 0 Å². The zero-order valence-electron chi connectivity index (χ0n) is 10.1. The summed E-state index contributed by atoms with van der Waals surface area (Å²) < 4.78 is 10.8. The van der Waals surface area contributed by atoms with Gasteiger partial charge in [0.1, 0.15) is 17.2 Å². The van der Waals surface area contributed by atoms with Gasteiger partial charge in [-0.1, -0.05) is 12.1 Å². The number of aromatic nitrogens is 1. The van der Waals surface area contributed by atoms with Gasteiger partial charge in [0.05, 0.1) is 7.11 Å². The quantitative estimate of drug-likeness (QED) is 0.877. The third-order valence-electron chi connectivity index (χ3n) is 2.52. The van der Waals surface area contributed by atoms with Gasteiger partial charge in [-0.15, -0.1) is 0 Å². The number of hydrogen-bond acceptors (Lipinski definition) is 4. The van der Waals surface area contributed by atoms with Crippen LogP contribution in [-0.4, -0.2) is 18.6 Å².